The third kappa shape index (κ3) is 2.40. The Hall–Kier alpha value is -1.89. The highest BCUT2D eigenvalue weighted by atomic mass is 14.7. The monoisotopic (exact) mass is 263 g/mol. The second-order valence-electron chi connectivity index (χ2n) is 5.91. The molecule has 1 atom stereocenters. The highest BCUT2D eigenvalue weighted by molar-refractivity contribution is 5.76. The lowest BCUT2D eigenvalue weighted by Gasteiger charge is -2.23. The summed E-state index contributed by atoms with van der Waals surface area (Å²) in [5, 5.41) is 0. The Morgan fingerprint density at radius 2 is 2.10 bits per heavy atom. The van der Waals surface area contributed by atoms with E-state index in [9.17, 15) is 0 Å². The highest BCUT2D eigenvalue weighted by Gasteiger charge is 2.17. The van der Waals surface area contributed by atoms with Crippen LogP contribution in [-0.4, -0.2) is 4.98 Å². The van der Waals surface area contributed by atoms with Gasteiger partial charge in [0, 0.05) is 11.8 Å². The van der Waals surface area contributed by atoms with Crippen LogP contribution in [0.5, 0.6) is 0 Å². The molecule has 2 aromatic rings. The average Bonchev–Trinajstić information content (AvgIpc) is 2.47. The maximum Gasteiger partial charge on any atom is 0.0702 e. The highest BCUT2D eigenvalue weighted by Crippen LogP contribution is 2.33. The summed E-state index contributed by atoms with van der Waals surface area (Å²) in [6.45, 7) is 8.61. The summed E-state index contributed by atoms with van der Waals surface area (Å²) in [6, 6.07) is 10.9. The van der Waals surface area contributed by atoms with Gasteiger partial charge in [0.2, 0.25) is 0 Å². The summed E-state index contributed by atoms with van der Waals surface area (Å²) < 4.78 is 0. The van der Waals surface area contributed by atoms with Crippen LogP contribution < -0.4 is 0 Å². The minimum absolute atomic E-state index is 0.693. The van der Waals surface area contributed by atoms with Crippen molar-refractivity contribution in [1.29, 1.82) is 0 Å². The molecule has 20 heavy (non-hydrogen) atoms. The summed E-state index contributed by atoms with van der Waals surface area (Å²) >= 11 is 0. The minimum Gasteiger partial charge on any atom is -0.256 e. The zero-order chi connectivity index (χ0) is 14.1. The van der Waals surface area contributed by atoms with E-state index in [0.717, 1.165) is 11.3 Å². The third-order valence-electron chi connectivity index (χ3n) is 4.33. The van der Waals surface area contributed by atoms with Gasteiger partial charge < -0.3 is 0 Å². The quantitative estimate of drug-likeness (QED) is 0.751. The van der Waals surface area contributed by atoms with Gasteiger partial charge in [0.25, 0.3) is 0 Å². The van der Waals surface area contributed by atoms with E-state index in [4.69, 9.17) is 0 Å². The summed E-state index contributed by atoms with van der Waals surface area (Å²) in [6.07, 6.45) is 5.71. The lowest BCUT2D eigenvalue weighted by Crippen LogP contribution is -2.07. The van der Waals surface area contributed by atoms with Crippen LogP contribution >= 0.6 is 0 Å². The standard InChI is InChI=1S/C19H21N/c1-13-7-10-19(20-12-13)15(3)16-8-9-18-14(2)5-4-6-17(18)11-16/h7-12,14H,3-6H2,1-2H3. The molecule has 1 aromatic heterocycles. The Labute approximate surface area is 121 Å². The largest absolute Gasteiger partial charge is 0.256 e. The molecule has 1 unspecified atom stereocenters. The number of hydrogen-bond acceptors (Lipinski definition) is 1. The average molecular weight is 263 g/mol. The van der Waals surface area contributed by atoms with E-state index in [0.29, 0.717) is 5.92 Å². The predicted molar refractivity (Wildman–Crippen MR) is 84.9 cm³/mol. The van der Waals surface area contributed by atoms with Crippen molar-refractivity contribution in [1.82, 2.24) is 4.98 Å². The number of rotatable bonds is 2. The summed E-state index contributed by atoms with van der Waals surface area (Å²) in [5.74, 6) is 0.693. The molecule has 0 fully saturated rings. The first-order valence-electron chi connectivity index (χ1n) is 7.40. The maximum absolute atomic E-state index is 4.48. The first-order valence-corrected chi connectivity index (χ1v) is 7.40. The fourth-order valence-electron chi connectivity index (χ4n) is 3.04. The zero-order valence-electron chi connectivity index (χ0n) is 12.3. The molecule has 3 rings (SSSR count). The van der Waals surface area contributed by atoms with E-state index in [1.807, 2.05) is 6.20 Å². The molecule has 1 heteroatoms. The van der Waals surface area contributed by atoms with Crippen LogP contribution in [0, 0.1) is 6.92 Å². The smallest absolute Gasteiger partial charge is 0.0702 e. The van der Waals surface area contributed by atoms with Crippen LogP contribution in [0.1, 0.15) is 53.6 Å². The van der Waals surface area contributed by atoms with E-state index < -0.39 is 0 Å². The van der Waals surface area contributed by atoms with Gasteiger partial charge in [-0.2, -0.15) is 0 Å². The first kappa shape index (κ1) is 13.1. The molecule has 1 aliphatic rings. The summed E-state index contributed by atoms with van der Waals surface area (Å²) in [7, 11) is 0. The van der Waals surface area contributed by atoms with Crippen molar-refractivity contribution in [2.75, 3.05) is 0 Å². The van der Waals surface area contributed by atoms with Crippen molar-refractivity contribution in [2.45, 2.75) is 39.0 Å². The topological polar surface area (TPSA) is 12.9 Å². The van der Waals surface area contributed by atoms with Gasteiger partial charge in [-0.05, 0) is 60.4 Å². The molecular weight excluding hydrogens is 242 g/mol. The molecule has 0 saturated carbocycles. The van der Waals surface area contributed by atoms with Crippen molar-refractivity contribution >= 4 is 5.57 Å². The predicted octanol–water partition coefficient (Wildman–Crippen LogP) is 4.89. The lowest BCUT2D eigenvalue weighted by atomic mass is 9.82. The number of benzene rings is 1. The lowest BCUT2D eigenvalue weighted by molar-refractivity contribution is 0.590. The van der Waals surface area contributed by atoms with Crippen molar-refractivity contribution in [2.24, 2.45) is 0 Å². The number of aromatic nitrogens is 1. The van der Waals surface area contributed by atoms with Crippen molar-refractivity contribution < 1.29 is 0 Å². The van der Waals surface area contributed by atoms with Gasteiger partial charge in [-0.15, -0.1) is 0 Å². The van der Waals surface area contributed by atoms with E-state index in [1.54, 1.807) is 0 Å². The fraction of sp³-hybridized carbons (Fsp3) is 0.316. The van der Waals surface area contributed by atoms with Crippen molar-refractivity contribution in [3.63, 3.8) is 0 Å². The van der Waals surface area contributed by atoms with E-state index in [-0.39, 0.29) is 0 Å². The second kappa shape index (κ2) is 5.24. The van der Waals surface area contributed by atoms with Gasteiger partial charge in [-0.3, -0.25) is 4.98 Å². The Morgan fingerprint density at radius 3 is 2.85 bits per heavy atom. The van der Waals surface area contributed by atoms with Crippen LogP contribution in [0.25, 0.3) is 5.57 Å². The molecule has 0 radical (unpaired) electrons. The van der Waals surface area contributed by atoms with Crippen LogP contribution in [0.3, 0.4) is 0 Å². The van der Waals surface area contributed by atoms with Gasteiger partial charge in [-0.25, -0.2) is 0 Å². The molecule has 0 saturated heterocycles. The number of fused-ring (bicyclic) bond motifs is 1. The molecule has 1 aromatic carbocycles. The SMILES string of the molecule is C=C(c1ccc2c(c1)CCCC2C)c1ccc(C)cn1. The molecule has 1 heterocycles. The van der Waals surface area contributed by atoms with Crippen LogP contribution in [0.2, 0.25) is 0 Å². The fourth-order valence-corrected chi connectivity index (χ4v) is 3.04. The molecule has 0 bridgehead atoms. The van der Waals surface area contributed by atoms with Crippen molar-refractivity contribution in [3.05, 3.63) is 71.1 Å². The molecular formula is C19H21N. The van der Waals surface area contributed by atoms with Gasteiger partial charge in [0.1, 0.15) is 0 Å². The summed E-state index contributed by atoms with van der Waals surface area (Å²) in [4.78, 5) is 4.48. The first-order chi connectivity index (χ1) is 9.65. The van der Waals surface area contributed by atoms with Gasteiger partial charge in [0.05, 0.1) is 5.69 Å². The third-order valence-corrected chi connectivity index (χ3v) is 4.33. The number of nitrogens with zero attached hydrogens (tertiary/aromatic N) is 1. The molecule has 1 aliphatic carbocycles. The number of hydrogen-bond donors (Lipinski definition) is 0. The van der Waals surface area contributed by atoms with Crippen molar-refractivity contribution in [3.8, 4) is 0 Å². The Morgan fingerprint density at radius 1 is 1.25 bits per heavy atom. The molecule has 0 amide bonds. The molecule has 102 valence electrons. The maximum atomic E-state index is 4.48. The Balaban J connectivity index is 1.94. The Kier molecular flexibility index (Phi) is 3.43. The molecule has 0 N–H and O–H groups in total. The normalized spacial score (nSPS) is 17.6. The second-order valence-corrected chi connectivity index (χ2v) is 5.91. The van der Waals surface area contributed by atoms with Crippen LogP contribution in [0.4, 0.5) is 0 Å². The van der Waals surface area contributed by atoms with E-state index in [1.165, 1.54) is 41.5 Å². The van der Waals surface area contributed by atoms with Gasteiger partial charge >= 0.3 is 0 Å². The zero-order valence-corrected chi connectivity index (χ0v) is 12.3. The van der Waals surface area contributed by atoms with Crippen LogP contribution in [-0.2, 0) is 6.42 Å². The van der Waals surface area contributed by atoms with Gasteiger partial charge in [0.15, 0.2) is 0 Å². The minimum atomic E-state index is 0.693. The molecule has 0 spiro atoms. The molecule has 1 nitrogen and oxygen atoms in total. The van der Waals surface area contributed by atoms with E-state index >= 15 is 0 Å². The molecule has 0 aliphatic heterocycles. The number of pyridine rings is 1. The van der Waals surface area contributed by atoms with Gasteiger partial charge in [-0.1, -0.05) is 37.8 Å². The van der Waals surface area contributed by atoms with Crippen LogP contribution in [0.15, 0.2) is 43.1 Å². The van der Waals surface area contributed by atoms with E-state index in [2.05, 4.69) is 55.7 Å². The Bertz CT molecular complexity index is 637. The summed E-state index contributed by atoms with van der Waals surface area (Å²) in [5.41, 5.74) is 7.39. The number of aryl methyl sites for hydroxylation is 2.